The van der Waals surface area contributed by atoms with E-state index in [0.29, 0.717) is 6.42 Å². The standard InChI is InChI=1S/C14H23NO/c15-12-6-4-2-1-3-5-7-13-8-10-14(16)11-9-13/h8-10H,1-7,11-12,15H2. The van der Waals surface area contributed by atoms with Gasteiger partial charge < -0.3 is 5.73 Å². The molecule has 0 atom stereocenters. The predicted molar refractivity (Wildman–Crippen MR) is 68.2 cm³/mol. The molecule has 0 saturated heterocycles. The average molecular weight is 221 g/mol. The van der Waals surface area contributed by atoms with Crippen molar-refractivity contribution in [2.24, 2.45) is 5.73 Å². The van der Waals surface area contributed by atoms with Gasteiger partial charge in [0, 0.05) is 6.42 Å². The van der Waals surface area contributed by atoms with Crippen LogP contribution in [0.15, 0.2) is 23.8 Å². The highest BCUT2D eigenvalue weighted by Crippen LogP contribution is 2.16. The van der Waals surface area contributed by atoms with Crippen LogP contribution < -0.4 is 5.73 Å². The van der Waals surface area contributed by atoms with Gasteiger partial charge in [-0.15, -0.1) is 0 Å². The van der Waals surface area contributed by atoms with Crippen molar-refractivity contribution >= 4 is 5.78 Å². The molecule has 0 aromatic heterocycles. The summed E-state index contributed by atoms with van der Waals surface area (Å²) in [6, 6.07) is 0. The van der Waals surface area contributed by atoms with Crippen LogP contribution in [0.3, 0.4) is 0 Å². The van der Waals surface area contributed by atoms with Crippen molar-refractivity contribution in [1.29, 1.82) is 0 Å². The lowest BCUT2D eigenvalue weighted by Gasteiger charge is -2.06. The van der Waals surface area contributed by atoms with Crippen molar-refractivity contribution in [2.75, 3.05) is 6.54 Å². The maximum Gasteiger partial charge on any atom is 0.159 e. The van der Waals surface area contributed by atoms with Gasteiger partial charge in [-0.1, -0.05) is 43.4 Å². The van der Waals surface area contributed by atoms with Crippen LogP contribution in [0.2, 0.25) is 0 Å². The van der Waals surface area contributed by atoms with Crippen LogP contribution in [-0.4, -0.2) is 12.3 Å². The number of ketones is 1. The second-order valence-corrected chi connectivity index (χ2v) is 4.44. The Kier molecular flexibility index (Phi) is 6.82. The van der Waals surface area contributed by atoms with Crippen LogP contribution >= 0.6 is 0 Å². The van der Waals surface area contributed by atoms with Crippen LogP contribution in [-0.2, 0) is 4.79 Å². The molecule has 0 saturated carbocycles. The lowest BCUT2D eigenvalue weighted by Crippen LogP contribution is -1.97. The first kappa shape index (κ1) is 13.2. The Morgan fingerprint density at radius 3 is 2.31 bits per heavy atom. The molecule has 0 amide bonds. The lowest BCUT2D eigenvalue weighted by atomic mass is 10.00. The molecule has 2 N–H and O–H groups in total. The molecule has 0 radical (unpaired) electrons. The Labute approximate surface area is 98.6 Å². The quantitative estimate of drug-likeness (QED) is 0.640. The van der Waals surface area contributed by atoms with Crippen molar-refractivity contribution in [3.8, 4) is 0 Å². The molecule has 90 valence electrons. The third-order valence-corrected chi connectivity index (χ3v) is 2.97. The van der Waals surface area contributed by atoms with Crippen LogP contribution in [0.5, 0.6) is 0 Å². The van der Waals surface area contributed by atoms with E-state index in [0.717, 1.165) is 19.4 Å². The smallest absolute Gasteiger partial charge is 0.159 e. The summed E-state index contributed by atoms with van der Waals surface area (Å²) in [6.45, 7) is 0.825. The number of hydrogen-bond acceptors (Lipinski definition) is 2. The zero-order chi connectivity index (χ0) is 11.6. The van der Waals surface area contributed by atoms with Gasteiger partial charge in [0.1, 0.15) is 0 Å². The number of hydrogen-bond donors (Lipinski definition) is 1. The molecule has 1 rings (SSSR count). The van der Waals surface area contributed by atoms with E-state index in [1.54, 1.807) is 6.08 Å². The Morgan fingerprint density at radius 1 is 1.00 bits per heavy atom. The highest BCUT2D eigenvalue weighted by Gasteiger charge is 2.02. The van der Waals surface area contributed by atoms with E-state index >= 15 is 0 Å². The van der Waals surface area contributed by atoms with Gasteiger partial charge in [0.2, 0.25) is 0 Å². The first-order valence-corrected chi connectivity index (χ1v) is 6.43. The highest BCUT2D eigenvalue weighted by molar-refractivity contribution is 5.92. The summed E-state index contributed by atoms with van der Waals surface area (Å²) in [5.74, 6) is 0.227. The zero-order valence-corrected chi connectivity index (χ0v) is 10.1. The summed E-state index contributed by atoms with van der Waals surface area (Å²) in [7, 11) is 0. The Balaban J connectivity index is 1.95. The van der Waals surface area contributed by atoms with E-state index in [1.165, 1.54) is 37.7 Å². The summed E-state index contributed by atoms with van der Waals surface area (Å²) in [4.78, 5) is 10.9. The summed E-state index contributed by atoms with van der Waals surface area (Å²) < 4.78 is 0. The first-order chi connectivity index (χ1) is 7.83. The van der Waals surface area contributed by atoms with Crippen molar-refractivity contribution in [1.82, 2.24) is 0 Å². The fraction of sp³-hybridized carbons (Fsp3) is 0.643. The Bertz CT molecular complexity index is 266. The van der Waals surface area contributed by atoms with E-state index in [9.17, 15) is 4.79 Å². The molecular weight excluding hydrogens is 198 g/mol. The Hall–Kier alpha value is -0.890. The minimum Gasteiger partial charge on any atom is -0.330 e. The summed E-state index contributed by atoms with van der Waals surface area (Å²) >= 11 is 0. The van der Waals surface area contributed by atoms with Gasteiger partial charge in [-0.05, 0) is 31.9 Å². The van der Waals surface area contributed by atoms with Gasteiger partial charge in [-0.25, -0.2) is 0 Å². The molecule has 0 aromatic rings. The van der Waals surface area contributed by atoms with Crippen molar-refractivity contribution in [2.45, 2.75) is 51.4 Å². The molecule has 0 unspecified atom stereocenters. The van der Waals surface area contributed by atoms with Gasteiger partial charge in [-0.2, -0.15) is 0 Å². The van der Waals surface area contributed by atoms with Crippen LogP contribution in [0.1, 0.15) is 51.4 Å². The number of rotatable bonds is 8. The van der Waals surface area contributed by atoms with Crippen LogP contribution in [0.4, 0.5) is 0 Å². The topological polar surface area (TPSA) is 43.1 Å². The van der Waals surface area contributed by atoms with E-state index in [4.69, 9.17) is 5.73 Å². The summed E-state index contributed by atoms with van der Waals surface area (Å²) in [5.41, 5.74) is 6.77. The van der Waals surface area contributed by atoms with Gasteiger partial charge in [0.15, 0.2) is 5.78 Å². The molecule has 0 aliphatic heterocycles. The molecule has 2 heteroatoms. The molecular formula is C14H23NO. The van der Waals surface area contributed by atoms with Crippen molar-refractivity contribution < 1.29 is 4.79 Å². The lowest BCUT2D eigenvalue weighted by molar-refractivity contribution is -0.113. The Morgan fingerprint density at radius 2 is 1.69 bits per heavy atom. The van der Waals surface area contributed by atoms with Gasteiger partial charge in [0.25, 0.3) is 0 Å². The fourth-order valence-electron chi connectivity index (χ4n) is 1.93. The van der Waals surface area contributed by atoms with E-state index < -0.39 is 0 Å². The minimum absolute atomic E-state index is 0.227. The monoisotopic (exact) mass is 221 g/mol. The van der Waals surface area contributed by atoms with E-state index in [-0.39, 0.29) is 5.78 Å². The number of nitrogens with two attached hydrogens (primary N) is 1. The molecule has 16 heavy (non-hydrogen) atoms. The molecule has 0 aromatic carbocycles. The predicted octanol–water partition coefficient (Wildman–Crippen LogP) is 3.13. The molecule has 1 aliphatic carbocycles. The van der Waals surface area contributed by atoms with Gasteiger partial charge >= 0.3 is 0 Å². The number of carbonyl (C=O) groups is 1. The highest BCUT2D eigenvalue weighted by atomic mass is 16.1. The second kappa shape index (κ2) is 8.28. The average Bonchev–Trinajstić information content (AvgIpc) is 2.30. The maximum absolute atomic E-state index is 10.9. The molecule has 2 nitrogen and oxygen atoms in total. The maximum atomic E-state index is 10.9. The van der Waals surface area contributed by atoms with E-state index in [2.05, 4.69) is 6.08 Å². The SMILES string of the molecule is NCCCCCCCCC1=CCC(=O)C=C1. The first-order valence-electron chi connectivity index (χ1n) is 6.43. The summed E-state index contributed by atoms with van der Waals surface area (Å²) in [6.07, 6.45) is 15.1. The fourth-order valence-corrected chi connectivity index (χ4v) is 1.93. The normalized spacial score (nSPS) is 15.3. The number of carbonyl (C=O) groups excluding carboxylic acids is 1. The van der Waals surface area contributed by atoms with Gasteiger partial charge in [0.05, 0.1) is 0 Å². The third-order valence-electron chi connectivity index (χ3n) is 2.97. The molecule has 0 spiro atoms. The summed E-state index contributed by atoms with van der Waals surface area (Å²) in [5, 5.41) is 0. The van der Waals surface area contributed by atoms with Gasteiger partial charge in [-0.3, -0.25) is 4.79 Å². The van der Waals surface area contributed by atoms with Crippen molar-refractivity contribution in [3.05, 3.63) is 23.8 Å². The number of unbranched alkanes of at least 4 members (excludes halogenated alkanes) is 5. The zero-order valence-electron chi connectivity index (χ0n) is 10.1. The largest absolute Gasteiger partial charge is 0.330 e. The second-order valence-electron chi connectivity index (χ2n) is 4.44. The third kappa shape index (κ3) is 5.86. The molecule has 1 aliphatic rings. The molecule has 0 heterocycles. The van der Waals surface area contributed by atoms with Crippen LogP contribution in [0, 0.1) is 0 Å². The number of allylic oxidation sites excluding steroid dienone is 4. The van der Waals surface area contributed by atoms with Crippen molar-refractivity contribution in [3.63, 3.8) is 0 Å². The molecule has 0 fully saturated rings. The van der Waals surface area contributed by atoms with Crippen LogP contribution in [0.25, 0.3) is 0 Å². The minimum atomic E-state index is 0.227. The molecule has 0 bridgehead atoms. The van der Waals surface area contributed by atoms with E-state index in [1.807, 2.05) is 6.08 Å².